The smallest absolute Gasteiger partial charge is 0.261 e. The molecule has 4 aromatic rings. The minimum Gasteiger partial charge on any atom is -0.497 e. The highest BCUT2D eigenvalue weighted by Crippen LogP contribution is 2.37. The summed E-state index contributed by atoms with van der Waals surface area (Å²) < 4.78 is 12.6. The molecule has 1 atom stereocenters. The first-order chi connectivity index (χ1) is 16.7. The van der Waals surface area contributed by atoms with Gasteiger partial charge in [-0.05, 0) is 47.5 Å². The molecule has 1 aliphatic heterocycles. The topological polar surface area (TPSA) is 77.7 Å². The van der Waals surface area contributed by atoms with Crippen LogP contribution in [0.2, 0.25) is 0 Å². The molecule has 1 aromatic heterocycles. The van der Waals surface area contributed by atoms with Gasteiger partial charge in [0.25, 0.3) is 5.91 Å². The van der Waals surface area contributed by atoms with Crippen LogP contribution in [0.5, 0.6) is 11.5 Å². The first-order valence-corrected chi connectivity index (χ1v) is 11.0. The number of rotatable bonds is 6. The molecule has 7 heteroatoms. The maximum absolute atomic E-state index is 13.1. The number of nitrogens with one attached hydrogen (secondary N) is 1. The highest BCUT2D eigenvalue weighted by Gasteiger charge is 2.29. The molecule has 2 heterocycles. The second-order valence-electron chi connectivity index (χ2n) is 7.93. The van der Waals surface area contributed by atoms with Crippen molar-refractivity contribution in [3.63, 3.8) is 0 Å². The van der Waals surface area contributed by atoms with Crippen LogP contribution in [0.15, 0.2) is 90.1 Å². The Kier molecular flexibility index (Phi) is 5.82. The maximum Gasteiger partial charge on any atom is 0.261 e. The van der Waals surface area contributed by atoms with Gasteiger partial charge in [-0.2, -0.15) is 5.10 Å². The average Bonchev–Trinajstić information content (AvgIpc) is 3.33. The third kappa shape index (κ3) is 4.15. The maximum atomic E-state index is 13.1. The lowest BCUT2D eigenvalue weighted by Gasteiger charge is -2.25. The van der Waals surface area contributed by atoms with Crippen LogP contribution in [0.25, 0.3) is 0 Å². The number of benzene rings is 3. The Hall–Kier alpha value is -4.39. The van der Waals surface area contributed by atoms with Gasteiger partial charge in [-0.1, -0.05) is 42.5 Å². The summed E-state index contributed by atoms with van der Waals surface area (Å²) in [5.74, 6) is 1.81. The lowest BCUT2D eigenvalue weighted by molar-refractivity contribution is 0.102. The molecular weight excluding hydrogens is 428 g/mol. The van der Waals surface area contributed by atoms with Crippen LogP contribution in [0, 0.1) is 0 Å². The van der Waals surface area contributed by atoms with Gasteiger partial charge in [-0.15, -0.1) is 0 Å². The number of ether oxygens (including phenoxy) is 2. The van der Waals surface area contributed by atoms with Crippen LogP contribution in [-0.2, 0) is 0 Å². The molecule has 0 aliphatic carbocycles. The molecule has 0 radical (unpaired) electrons. The quantitative estimate of drug-likeness (QED) is 0.433. The normalized spacial score (nSPS) is 14.6. The minimum absolute atomic E-state index is 0.127. The molecule has 0 fully saturated rings. The van der Waals surface area contributed by atoms with Gasteiger partial charge in [0.05, 0.1) is 32.2 Å². The molecule has 3 aromatic carbocycles. The molecule has 34 heavy (non-hydrogen) atoms. The highest BCUT2D eigenvalue weighted by molar-refractivity contribution is 6.09. The number of anilines is 1. The van der Waals surface area contributed by atoms with Crippen LogP contribution < -0.4 is 14.8 Å². The molecule has 1 unspecified atom stereocenters. The van der Waals surface area contributed by atoms with E-state index in [2.05, 4.69) is 10.4 Å². The van der Waals surface area contributed by atoms with E-state index < -0.39 is 0 Å². The number of fused-ring (bicyclic) bond motifs is 1. The standard InChI is InChI=1S/C27H24N4O3/c1-33-21-13-11-18(12-14-21)25-16-24(19-7-6-10-22(15-19)34-2)30-26-23(17-28-31(25)26)27(32)29-20-8-4-3-5-9-20/h3-15,17,25H,16H2,1-2H3,(H,29,32). The summed E-state index contributed by atoms with van der Waals surface area (Å²) in [5, 5.41) is 7.51. The largest absolute Gasteiger partial charge is 0.497 e. The zero-order chi connectivity index (χ0) is 23.5. The van der Waals surface area contributed by atoms with Crippen LogP contribution in [0.1, 0.15) is 33.9 Å². The van der Waals surface area contributed by atoms with Gasteiger partial charge in [0.15, 0.2) is 5.82 Å². The molecule has 1 N–H and O–H groups in total. The number of methoxy groups -OCH3 is 2. The third-order valence-corrected chi connectivity index (χ3v) is 5.87. The van der Waals surface area contributed by atoms with E-state index in [4.69, 9.17) is 14.5 Å². The SMILES string of the molecule is COc1ccc(C2CC(c3cccc(OC)c3)=Nc3c(C(=O)Nc4ccccc4)cnn32)cc1. The van der Waals surface area contributed by atoms with Gasteiger partial charge in [0.2, 0.25) is 0 Å². The Bertz CT molecular complexity index is 1340. The van der Waals surface area contributed by atoms with Crippen molar-refractivity contribution < 1.29 is 14.3 Å². The average molecular weight is 453 g/mol. The minimum atomic E-state index is -0.253. The van der Waals surface area contributed by atoms with Crippen molar-refractivity contribution in [1.82, 2.24) is 9.78 Å². The van der Waals surface area contributed by atoms with Gasteiger partial charge < -0.3 is 14.8 Å². The zero-order valence-corrected chi connectivity index (χ0v) is 18.9. The van der Waals surface area contributed by atoms with Crippen LogP contribution in [0.3, 0.4) is 0 Å². The summed E-state index contributed by atoms with van der Waals surface area (Å²) in [6.07, 6.45) is 2.20. The number of carbonyl (C=O) groups excluding carboxylic acids is 1. The Morgan fingerprint density at radius 2 is 1.71 bits per heavy atom. The molecule has 1 amide bonds. The summed E-state index contributed by atoms with van der Waals surface area (Å²) in [6, 6.07) is 24.9. The molecule has 1 aliphatic rings. The molecule has 170 valence electrons. The van der Waals surface area contributed by atoms with Gasteiger partial charge in [-0.3, -0.25) is 4.79 Å². The third-order valence-electron chi connectivity index (χ3n) is 5.87. The summed E-state index contributed by atoms with van der Waals surface area (Å²) in [7, 11) is 3.29. The van der Waals surface area contributed by atoms with E-state index in [1.54, 1.807) is 20.4 Å². The van der Waals surface area contributed by atoms with Crippen molar-refractivity contribution in [3.05, 3.63) is 102 Å². The van der Waals surface area contributed by atoms with Gasteiger partial charge in [0, 0.05) is 12.1 Å². The predicted molar refractivity (Wildman–Crippen MR) is 132 cm³/mol. The van der Waals surface area contributed by atoms with Gasteiger partial charge >= 0.3 is 0 Å². The van der Waals surface area contributed by atoms with Gasteiger partial charge in [-0.25, -0.2) is 9.67 Å². The fourth-order valence-corrected chi connectivity index (χ4v) is 4.09. The fraction of sp³-hybridized carbons (Fsp3) is 0.148. The Labute approximate surface area is 197 Å². The lowest BCUT2D eigenvalue weighted by atomic mass is 9.95. The Morgan fingerprint density at radius 3 is 2.44 bits per heavy atom. The number of hydrogen-bond donors (Lipinski definition) is 1. The number of nitrogens with zero attached hydrogens (tertiary/aromatic N) is 3. The van der Waals surface area contributed by atoms with Crippen molar-refractivity contribution in [3.8, 4) is 11.5 Å². The number of amides is 1. The first kappa shape index (κ1) is 21.5. The highest BCUT2D eigenvalue weighted by atomic mass is 16.5. The molecular formula is C27H24N4O3. The van der Waals surface area contributed by atoms with E-state index in [9.17, 15) is 4.79 Å². The second-order valence-corrected chi connectivity index (χ2v) is 7.93. The van der Waals surface area contributed by atoms with Crippen molar-refractivity contribution in [2.24, 2.45) is 4.99 Å². The van der Waals surface area contributed by atoms with E-state index in [0.29, 0.717) is 23.5 Å². The number of para-hydroxylation sites is 1. The molecule has 0 saturated heterocycles. The van der Waals surface area contributed by atoms with Crippen LogP contribution >= 0.6 is 0 Å². The monoisotopic (exact) mass is 452 g/mol. The Morgan fingerprint density at radius 1 is 0.941 bits per heavy atom. The van der Waals surface area contributed by atoms with E-state index in [-0.39, 0.29) is 11.9 Å². The predicted octanol–water partition coefficient (Wildman–Crippen LogP) is 5.27. The van der Waals surface area contributed by atoms with Crippen molar-refractivity contribution in [2.45, 2.75) is 12.5 Å². The van der Waals surface area contributed by atoms with E-state index >= 15 is 0 Å². The van der Waals surface area contributed by atoms with Crippen molar-refractivity contribution in [2.75, 3.05) is 19.5 Å². The summed E-state index contributed by atoms with van der Waals surface area (Å²) in [4.78, 5) is 18.0. The van der Waals surface area contributed by atoms with Gasteiger partial charge in [0.1, 0.15) is 17.1 Å². The summed E-state index contributed by atoms with van der Waals surface area (Å²) in [6.45, 7) is 0. The van der Waals surface area contributed by atoms with E-state index in [1.165, 1.54) is 0 Å². The zero-order valence-electron chi connectivity index (χ0n) is 18.9. The lowest BCUT2D eigenvalue weighted by Crippen LogP contribution is -2.22. The fourth-order valence-electron chi connectivity index (χ4n) is 4.09. The van der Waals surface area contributed by atoms with Crippen LogP contribution in [0.4, 0.5) is 11.5 Å². The van der Waals surface area contributed by atoms with Crippen molar-refractivity contribution in [1.29, 1.82) is 0 Å². The molecule has 5 rings (SSSR count). The molecule has 0 spiro atoms. The molecule has 0 bridgehead atoms. The summed E-state index contributed by atoms with van der Waals surface area (Å²) in [5.41, 5.74) is 3.99. The first-order valence-electron chi connectivity index (χ1n) is 11.0. The van der Waals surface area contributed by atoms with E-state index in [1.807, 2.05) is 83.5 Å². The number of aliphatic imine (C=N–C) groups is 1. The van der Waals surface area contributed by atoms with E-state index in [0.717, 1.165) is 28.3 Å². The van der Waals surface area contributed by atoms with Crippen LogP contribution in [-0.4, -0.2) is 35.6 Å². The van der Waals surface area contributed by atoms with Crippen molar-refractivity contribution >= 4 is 23.1 Å². The molecule has 0 saturated carbocycles. The second kappa shape index (κ2) is 9.23. The summed E-state index contributed by atoms with van der Waals surface area (Å²) >= 11 is 0. The number of carbonyl (C=O) groups is 1. The number of hydrogen-bond acceptors (Lipinski definition) is 5. The number of aromatic nitrogens is 2. The molecule has 7 nitrogen and oxygen atoms in total. The Balaban J connectivity index is 1.58.